The van der Waals surface area contributed by atoms with Crippen molar-refractivity contribution in [2.75, 3.05) is 41.9 Å². The fourth-order valence-electron chi connectivity index (χ4n) is 5.64. The number of carbonyl (C=O) groups excluding carboxylic acids is 1. The van der Waals surface area contributed by atoms with Crippen LogP contribution in [0.1, 0.15) is 48.9 Å². The molecule has 0 aliphatic carbocycles. The summed E-state index contributed by atoms with van der Waals surface area (Å²) in [5.74, 6) is -1.28. The van der Waals surface area contributed by atoms with Crippen LogP contribution in [-0.2, 0) is 21.2 Å². The summed E-state index contributed by atoms with van der Waals surface area (Å²) in [6, 6.07) is 21.7. The number of aromatic carboxylic acids is 1. The van der Waals surface area contributed by atoms with Gasteiger partial charge in [-0.2, -0.15) is 0 Å². The number of carboxylic acids is 1. The molecule has 0 atom stereocenters. The van der Waals surface area contributed by atoms with E-state index in [1.807, 2.05) is 59.5 Å². The van der Waals surface area contributed by atoms with Crippen molar-refractivity contribution in [3.8, 4) is 0 Å². The summed E-state index contributed by atoms with van der Waals surface area (Å²) in [6.45, 7) is 10.2. The molecular formula is C34H39N3O6S. The van der Waals surface area contributed by atoms with Gasteiger partial charge in [0.1, 0.15) is 5.58 Å². The van der Waals surface area contributed by atoms with Gasteiger partial charge in [0.05, 0.1) is 16.3 Å². The molecule has 232 valence electrons. The number of aryl methyl sites for hydroxylation is 1. The lowest BCUT2D eigenvalue weighted by molar-refractivity contribution is -0.133. The number of sulfonamides is 1. The maximum Gasteiger partial charge on any atom is 0.372 e. The number of carbonyl (C=O) groups is 2. The molecule has 0 saturated carbocycles. The van der Waals surface area contributed by atoms with Crippen molar-refractivity contribution in [1.82, 2.24) is 4.90 Å². The van der Waals surface area contributed by atoms with E-state index in [9.17, 15) is 23.1 Å². The molecule has 0 spiro atoms. The molecule has 44 heavy (non-hydrogen) atoms. The van der Waals surface area contributed by atoms with Gasteiger partial charge >= 0.3 is 5.97 Å². The molecule has 10 heteroatoms. The largest absolute Gasteiger partial charge is 0.475 e. The van der Waals surface area contributed by atoms with Gasteiger partial charge in [-0.05, 0) is 54.7 Å². The third-order valence-corrected chi connectivity index (χ3v) is 9.75. The van der Waals surface area contributed by atoms with Gasteiger partial charge < -0.3 is 19.3 Å². The fraction of sp³-hybridized carbons (Fsp3) is 0.353. The predicted molar refractivity (Wildman–Crippen MR) is 172 cm³/mol. The highest BCUT2D eigenvalue weighted by atomic mass is 32.2. The van der Waals surface area contributed by atoms with Crippen LogP contribution in [-0.4, -0.2) is 63.0 Å². The van der Waals surface area contributed by atoms with Crippen molar-refractivity contribution in [3.63, 3.8) is 0 Å². The van der Waals surface area contributed by atoms with E-state index in [0.717, 1.165) is 11.3 Å². The zero-order chi connectivity index (χ0) is 31.6. The molecule has 5 rings (SSSR count). The van der Waals surface area contributed by atoms with Crippen molar-refractivity contribution < 1.29 is 27.5 Å². The fourth-order valence-corrected chi connectivity index (χ4v) is 7.15. The maximum atomic E-state index is 14.5. The van der Waals surface area contributed by atoms with Crippen LogP contribution in [0.15, 0.2) is 82.1 Å². The lowest BCUT2D eigenvalue weighted by Gasteiger charge is -2.39. The molecule has 0 radical (unpaired) electrons. The van der Waals surface area contributed by atoms with Crippen molar-refractivity contribution in [3.05, 3.63) is 89.7 Å². The van der Waals surface area contributed by atoms with Gasteiger partial charge in [0.25, 0.3) is 10.0 Å². The van der Waals surface area contributed by atoms with E-state index in [-0.39, 0.29) is 28.5 Å². The van der Waals surface area contributed by atoms with E-state index in [1.54, 1.807) is 6.92 Å². The van der Waals surface area contributed by atoms with Gasteiger partial charge in [-0.3, -0.25) is 9.10 Å². The summed E-state index contributed by atoms with van der Waals surface area (Å²) in [5.41, 5.74) is 2.92. The first-order valence-corrected chi connectivity index (χ1v) is 16.2. The maximum absolute atomic E-state index is 14.5. The number of carboxylic acid groups (broad SMARTS) is 1. The Morgan fingerprint density at radius 3 is 2.25 bits per heavy atom. The van der Waals surface area contributed by atoms with Crippen molar-refractivity contribution >= 4 is 44.2 Å². The summed E-state index contributed by atoms with van der Waals surface area (Å²) in [4.78, 5) is 28.6. The van der Waals surface area contributed by atoms with Gasteiger partial charge in [-0.1, -0.05) is 63.2 Å². The molecule has 3 aromatic carbocycles. The minimum atomic E-state index is -4.10. The van der Waals surface area contributed by atoms with Gasteiger partial charge in [-0.15, -0.1) is 0 Å². The van der Waals surface area contributed by atoms with Crippen LogP contribution in [0, 0.1) is 12.3 Å². The molecule has 1 amide bonds. The summed E-state index contributed by atoms with van der Waals surface area (Å²) in [7, 11) is -4.10. The molecule has 2 heterocycles. The number of nitrogens with zero attached hydrogens (tertiary/aromatic N) is 3. The molecule has 1 aliphatic heterocycles. The van der Waals surface area contributed by atoms with Crippen LogP contribution in [0.25, 0.3) is 11.0 Å². The topological polar surface area (TPSA) is 111 Å². The first-order chi connectivity index (χ1) is 20.8. The second-order valence-electron chi connectivity index (χ2n) is 12.4. The summed E-state index contributed by atoms with van der Waals surface area (Å²) >= 11 is 0. The predicted octanol–water partition coefficient (Wildman–Crippen LogP) is 5.96. The van der Waals surface area contributed by atoms with Crippen molar-refractivity contribution in [2.45, 2.75) is 45.4 Å². The van der Waals surface area contributed by atoms with E-state index in [4.69, 9.17) is 4.42 Å². The number of anilines is 2. The number of furan rings is 1. The minimum Gasteiger partial charge on any atom is -0.475 e. The summed E-state index contributed by atoms with van der Waals surface area (Å²) in [6.07, 6.45) is 0.961. The average molecular weight is 618 g/mol. The van der Waals surface area contributed by atoms with E-state index in [2.05, 4.69) is 25.7 Å². The highest BCUT2D eigenvalue weighted by Gasteiger charge is 2.31. The van der Waals surface area contributed by atoms with Crippen LogP contribution in [0.4, 0.5) is 11.4 Å². The van der Waals surface area contributed by atoms with Crippen LogP contribution in [0.3, 0.4) is 0 Å². The Balaban J connectivity index is 1.50. The lowest BCUT2D eigenvalue weighted by atomic mass is 9.91. The normalized spacial score (nSPS) is 14.2. The number of hydrogen-bond acceptors (Lipinski definition) is 6. The quantitative estimate of drug-likeness (QED) is 0.247. The van der Waals surface area contributed by atoms with E-state index in [0.29, 0.717) is 61.2 Å². The van der Waals surface area contributed by atoms with Gasteiger partial charge in [0.15, 0.2) is 0 Å². The number of fused-ring (bicyclic) bond motifs is 1. The molecule has 1 aliphatic rings. The van der Waals surface area contributed by atoms with Crippen LogP contribution in [0.2, 0.25) is 0 Å². The summed E-state index contributed by atoms with van der Waals surface area (Å²) < 4.78 is 35.9. The Bertz CT molecular complexity index is 1770. The number of rotatable bonds is 9. The minimum absolute atomic E-state index is 0.0475. The van der Waals surface area contributed by atoms with Crippen molar-refractivity contribution in [2.24, 2.45) is 5.41 Å². The molecule has 0 unspecified atom stereocenters. The van der Waals surface area contributed by atoms with E-state index >= 15 is 0 Å². The Labute approximate surface area is 258 Å². The highest BCUT2D eigenvalue weighted by molar-refractivity contribution is 7.92. The Kier molecular flexibility index (Phi) is 8.74. The molecule has 1 N–H and O–H groups in total. The SMILES string of the molecule is Cc1c(C(=O)O)oc2ccc(S(=O)(=O)N(CCc3ccccc3)c3ccccc3N3CCN(C(=O)CC(C)(C)C)CC3)cc12. The number of benzene rings is 3. The lowest BCUT2D eigenvalue weighted by Crippen LogP contribution is -2.49. The average Bonchev–Trinajstić information content (AvgIpc) is 3.33. The Morgan fingerprint density at radius 1 is 0.932 bits per heavy atom. The molecule has 1 fully saturated rings. The van der Waals surface area contributed by atoms with Crippen LogP contribution < -0.4 is 9.21 Å². The first kappa shape index (κ1) is 31.1. The van der Waals surface area contributed by atoms with Crippen LogP contribution >= 0.6 is 0 Å². The van der Waals surface area contributed by atoms with Crippen molar-refractivity contribution in [1.29, 1.82) is 0 Å². The van der Waals surface area contributed by atoms with Gasteiger partial charge in [0, 0.05) is 50.1 Å². The molecule has 4 aromatic rings. The van der Waals surface area contributed by atoms with E-state index < -0.39 is 16.0 Å². The zero-order valence-electron chi connectivity index (χ0n) is 25.6. The molecule has 1 saturated heterocycles. The smallest absolute Gasteiger partial charge is 0.372 e. The number of amides is 1. The Morgan fingerprint density at radius 2 is 1.59 bits per heavy atom. The summed E-state index contributed by atoms with van der Waals surface area (Å²) in [5, 5.41) is 9.96. The van der Waals surface area contributed by atoms with E-state index in [1.165, 1.54) is 22.5 Å². The second-order valence-corrected chi connectivity index (χ2v) is 14.3. The van der Waals surface area contributed by atoms with Crippen LogP contribution in [0.5, 0.6) is 0 Å². The first-order valence-electron chi connectivity index (χ1n) is 14.8. The van der Waals surface area contributed by atoms with Gasteiger partial charge in [0.2, 0.25) is 11.7 Å². The second kappa shape index (κ2) is 12.4. The third kappa shape index (κ3) is 6.60. The van der Waals surface area contributed by atoms with Gasteiger partial charge in [-0.25, -0.2) is 13.2 Å². The zero-order valence-corrected chi connectivity index (χ0v) is 26.4. The molecule has 0 bridgehead atoms. The molecule has 9 nitrogen and oxygen atoms in total. The standard InChI is InChI=1S/C34H39N3O6S/c1-24-27-22-26(14-15-30(27)43-32(24)33(39)40)44(41,42)37(17-16-25-10-6-5-7-11-25)29-13-9-8-12-28(29)35-18-20-36(21-19-35)31(38)23-34(2,3)4/h5-15,22H,16-21,23H2,1-4H3,(H,39,40). The monoisotopic (exact) mass is 617 g/mol. The number of para-hydroxylation sites is 2. The Hall–Kier alpha value is -4.31. The third-order valence-electron chi connectivity index (χ3n) is 7.94. The molecular weight excluding hydrogens is 578 g/mol. The number of hydrogen-bond donors (Lipinski definition) is 1. The highest BCUT2D eigenvalue weighted by Crippen LogP contribution is 2.36. The molecule has 1 aromatic heterocycles. The number of piperazine rings is 1.